The molecule has 132 valence electrons. The lowest BCUT2D eigenvalue weighted by atomic mass is 10.0. The SMILES string of the molecule is O=C(O)c1ccccc1-c1cc(-c2ccc(F)cc2)nn1-c1ccccc1. The third-order valence-electron chi connectivity index (χ3n) is 4.28. The molecular weight excluding hydrogens is 343 g/mol. The van der Waals surface area contributed by atoms with E-state index in [1.54, 1.807) is 41.1 Å². The van der Waals surface area contributed by atoms with Crippen LogP contribution in [0.5, 0.6) is 0 Å². The standard InChI is InChI=1S/C22H15FN2O2/c23-16-12-10-15(11-13-16)20-14-21(18-8-4-5-9-19(18)22(26)27)25(24-20)17-6-2-1-3-7-17/h1-14H,(H,26,27). The highest BCUT2D eigenvalue weighted by Crippen LogP contribution is 2.31. The molecule has 0 saturated heterocycles. The zero-order valence-electron chi connectivity index (χ0n) is 14.2. The minimum absolute atomic E-state index is 0.195. The third-order valence-corrected chi connectivity index (χ3v) is 4.28. The summed E-state index contributed by atoms with van der Waals surface area (Å²) in [4.78, 5) is 11.7. The normalized spacial score (nSPS) is 10.7. The van der Waals surface area contributed by atoms with Gasteiger partial charge in [0.15, 0.2) is 0 Å². The molecule has 0 aliphatic rings. The van der Waals surface area contributed by atoms with Gasteiger partial charge >= 0.3 is 5.97 Å². The van der Waals surface area contributed by atoms with Crippen LogP contribution >= 0.6 is 0 Å². The summed E-state index contributed by atoms with van der Waals surface area (Å²) in [7, 11) is 0. The van der Waals surface area contributed by atoms with Crippen LogP contribution in [0.1, 0.15) is 10.4 Å². The van der Waals surface area contributed by atoms with E-state index in [2.05, 4.69) is 5.10 Å². The molecule has 0 saturated carbocycles. The van der Waals surface area contributed by atoms with Crippen LogP contribution in [0.15, 0.2) is 84.9 Å². The number of halogens is 1. The Hall–Kier alpha value is -3.73. The molecule has 0 spiro atoms. The lowest BCUT2D eigenvalue weighted by Crippen LogP contribution is -2.04. The number of hydrogen-bond donors (Lipinski definition) is 1. The number of aromatic carboxylic acids is 1. The Morgan fingerprint density at radius 2 is 1.56 bits per heavy atom. The van der Waals surface area contributed by atoms with Crippen molar-refractivity contribution in [1.29, 1.82) is 0 Å². The number of carboxylic acid groups (broad SMARTS) is 1. The summed E-state index contributed by atoms with van der Waals surface area (Å²) in [6, 6.07) is 24.2. The molecule has 0 aliphatic heterocycles. The number of hydrogen-bond acceptors (Lipinski definition) is 2. The molecule has 1 heterocycles. The van der Waals surface area contributed by atoms with Crippen molar-refractivity contribution < 1.29 is 14.3 Å². The Bertz CT molecular complexity index is 1100. The molecule has 5 heteroatoms. The van der Waals surface area contributed by atoms with Gasteiger partial charge in [-0.3, -0.25) is 0 Å². The highest BCUT2D eigenvalue weighted by Gasteiger charge is 2.18. The summed E-state index contributed by atoms with van der Waals surface area (Å²) in [6.07, 6.45) is 0. The first-order valence-electron chi connectivity index (χ1n) is 8.37. The Balaban J connectivity index is 1.95. The van der Waals surface area contributed by atoms with E-state index in [0.717, 1.165) is 11.3 Å². The lowest BCUT2D eigenvalue weighted by molar-refractivity contribution is 0.0697. The average Bonchev–Trinajstić information content (AvgIpc) is 3.14. The molecule has 0 amide bonds. The molecule has 0 aliphatic carbocycles. The van der Waals surface area contributed by atoms with Gasteiger partial charge in [-0.15, -0.1) is 0 Å². The Labute approximate surface area is 155 Å². The molecule has 0 atom stereocenters. The van der Waals surface area contributed by atoms with E-state index >= 15 is 0 Å². The van der Waals surface area contributed by atoms with Gasteiger partial charge in [0.25, 0.3) is 0 Å². The zero-order valence-corrected chi connectivity index (χ0v) is 14.2. The molecule has 0 bridgehead atoms. The smallest absolute Gasteiger partial charge is 0.336 e. The monoisotopic (exact) mass is 358 g/mol. The second-order valence-electron chi connectivity index (χ2n) is 6.02. The van der Waals surface area contributed by atoms with Crippen molar-refractivity contribution in [2.45, 2.75) is 0 Å². The fraction of sp³-hybridized carbons (Fsp3) is 0. The van der Waals surface area contributed by atoms with Crippen molar-refractivity contribution in [3.63, 3.8) is 0 Å². The van der Waals surface area contributed by atoms with E-state index in [1.165, 1.54) is 12.1 Å². The molecular formula is C22H15FN2O2. The molecule has 0 fully saturated rings. The van der Waals surface area contributed by atoms with Gasteiger partial charge in [-0.05, 0) is 48.5 Å². The van der Waals surface area contributed by atoms with Crippen LogP contribution < -0.4 is 0 Å². The number of carbonyl (C=O) groups is 1. The van der Waals surface area contributed by atoms with Crippen molar-refractivity contribution in [3.05, 3.63) is 96.3 Å². The summed E-state index contributed by atoms with van der Waals surface area (Å²) in [6.45, 7) is 0. The van der Waals surface area contributed by atoms with Gasteiger partial charge in [-0.1, -0.05) is 36.4 Å². The van der Waals surface area contributed by atoms with Gasteiger partial charge in [0.05, 0.1) is 22.6 Å². The van der Waals surface area contributed by atoms with E-state index in [1.807, 2.05) is 36.4 Å². The van der Waals surface area contributed by atoms with Crippen LogP contribution in [-0.4, -0.2) is 20.9 Å². The number of benzene rings is 3. The van der Waals surface area contributed by atoms with Crippen LogP contribution in [-0.2, 0) is 0 Å². The van der Waals surface area contributed by atoms with Gasteiger partial charge in [0, 0.05) is 11.1 Å². The minimum Gasteiger partial charge on any atom is -0.478 e. The number of carboxylic acids is 1. The quantitative estimate of drug-likeness (QED) is 0.556. The summed E-state index contributed by atoms with van der Waals surface area (Å²) in [5, 5.41) is 14.2. The Kier molecular flexibility index (Phi) is 4.26. The molecule has 4 rings (SSSR count). The molecule has 1 aromatic heterocycles. The van der Waals surface area contributed by atoms with Gasteiger partial charge in [0.1, 0.15) is 5.82 Å². The Morgan fingerprint density at radius 3 is 2.26 bits per heavy atom. The van der Waals surface area contributed by atoms with Crippen molar-refractivity contribution in [3.8, 4) is 28.2 Å². The first-order chi connectivity index (χ1) is 13.1. The summed E-state index contributed by atoms with van der Waals surface area (Å²) < 4.78 is 15.0. The van der Waals surface area contributed by atoms with Gasteiger partial charge in [0.2, 0.25) is 0 Å². The predicted octanol–water partition coefficient (Wildman–Crippen LogP) is 5.04. The van der Waals surface area contributed by atoms with E-state index in [0.29, 0.717) is 17.0 Å². The number of aromatic nitrogens is 2. The molecule has 1 N–H and O–H groups in total. The maximum atomic E-state index is 13.3. The third kappa shape index (κ3) is 3.22. The van der Waals surface area contributed by atoms with E-state index in [-0.39, 0.29) is 11.4 Å². The van der Waals surface area contributed by atoms with Gasteiger partial charge in [-0.25, -0.2) is 13.9 Å². The first-order valence-corrected chi connectivity index (χ1v) is 8.37. The molecule has 27 heavy (non-hydrogen) atoms. The molecule has 0 radical (unpaired) electrons. The average molecular weight is 358 g/mol. The van der Waals surface area contributed by atoms with Crippen LogP contribution in [0.25, 0.3) is 28.2 Å². The summed E-state index contributed by atoms with van der Waals surface area (Å²) >= 11 is 0. The second-order valence-corrected chi connectivity index (χ2v) is 6.02. The predicted molar refractivity (Wildman–Crippen MR) is 101 cm³/mol. The topological polar surface area (TPSA) is 55.1 Å². The highest BCUT2D eigenvalue weighted by molar-refractivity contribution is 5.96. The fourth-order valence-corrected chi connectivity index (χ4v) is 2.99. The van der Waals surface area contributed by atoms with E-state index in [4.69, 9.17) is 0 Å². The zero-order chi connectivity index (χ0) is 18.8. The second kappa shape index (κ2) is 6.88. The summed E-state index contributed by atoms with van der Waals surface area (Å²) in [5.41, 5.74) is 3.60. The highest BCUT2D eigenvalue weighted by atomic mass is 19.1. The maximum Gasteiger partial charge on any atom is 0.336 e. The molecule has 4 nitrogen and oxygen atoms in total. The minimum atomic E-state index is -1.00. The number of rotatable bonds is 4. The van der Waals surface area contributed by atoms with E-state index < -0.39 is 5.97 Å². The van der Waals surface area contributed by atoms with Crippen LogP contribution in [0.3, 0.4) is 0 Å². The number of nitrogens with zero attached hydrogens (tertiary/aromatic N) is 2. The Morgan fingerprint density at radius 1 is 0.889 bits per heavy atom. The largest absolute Gasteiger partial charge is 0.478 e. The number of para-hydroxylation sites is 1. The van der Waals surface area contributed by atoms with Crippen molar-refractivity contribution >= 4 is 5.97 Å². The molecule has 3 aromatic carbocycles. The van der Waals surface area contributed by atoms with Crippen LogP contribution in [0.2, 0.25) is 0 Å². The van der Waals surface area contributed by atoms with E-state index in [9.17, 15) is 14.3 Å². The van der Waals surface area contributed by atoms with Crippen molar-refractivity contribution in [2.24, 2.45) is 0 Å². The maximum absolute atomic E-state index is 13.3. The van der Waals surface area contributed by atoms with Gasteiger partial charge < -0.3 is 5.11 Å². The van der Waals surface area contributed by atoms with Crippen LogP contribution in [0.4, 0.5) is 4.39 Å². The van der Waals surface area contributed by atoms with Gasteiger partial charge in [-0.2, -0.15) is 5.10 Å². The molecule has 0 unspecified atom stereocenters. The molecule has 4 aromatic rings. The summed E-state index contributed by atoms with van der Waals surface area (Å²) in [5.74, 6) is -1.33. The van der Waals surface area contributed by atoms with Crippen molar-refractivity contribution in [2.75, 3.05) is 0 Å². The fourth-order valence-electron chi connectivity index (χ4n) is 2.99. The lowest BCUT2D eigenvalue weighted by Gasteiger charge is -2.09. The van der Waals surface area contributed by atoms with Crippen molar-refractivity contribution in [1.82, 2.24) is 9.78 Å². The first kappa shape index (κ1) is 16.7. The van der Waals surface area contributed by atoms with Crippen LogP contribution in [0, 0.1) is 5.82 Å².